The van der Waals surface area contributed by atoms with Crippen LogP contribution in [0, 0.1) is 18.6 Å². The highest BCUT2D eigenvalue weighted by Crippen LogP contribution is 2.53. The van der Waals surface area contributed by atoms with Crippen molar-refractivity contribution < 1.29 is 8.78 Å². The Morgan fingerprint density at radius 2 is 1.74 bits per heavy atom. The van der Waals surface area contributed by atoms with E-state index >= 15 is 0 Å². The summed E-state index contributed by atoms with van der Waals surface area (Å²) in [7, 11) is 0. The van der Waals surface area contributed by atoms with Gasteiger partial charge in [-0.15, -0.1) is 10.2 Å². The molecule has 0 bridgehead atoms. The third kappa shape index (κ3) is 4.54. The van der Waals surface area contributed by atoms with Gasteiger partial charge < -0.3 is 5.73 Å². The highest BCUT2D eigenvalue weighted by atomic mass is 32.2. The lowest BCUT2D eigenvalue weighted by Gasteiger charge is -2.36. The Balaban J connectivity index is 1.59. The van der Waals surface area contributed by atoms with Crippen molar-refractivity contribution in [1.82, 2.24) is 20.2 Å². The third-order valence-electron chi connectivity index (χ3n) is 5.71. The number of rotatable bonds is 7. The van der Waals surface area contributed by atoms with Crippen molar-refractivity contribution in [3.05, 3.63) is 101 Å². The van der Waals surface area contributed by atoms with Gasteiger partial charge in [-0.2, -0.15) is 5.10 Å². The van der Waals surface area contributed by atoms with E-state index in [4.69, 9.17) is 10.8 Å². The van der Waals surface area contributed by atoms with Gasteiger partial charge in [-0.05, 0) is 37.5 Å². The molecule has 2 unspecified atom stereocenters. The summed E-state index contributed by atoms with van der Waals surface area (Å²) in [6.07, 6.45) is 6.59. The molecule has 7 nitrogen and oxygen atoms in total. The summed E-state index contributed by atoms with van der Waals surface area (Å²) in [5.74, 6) is -0.816. The normalized spacial score (nSPS) is 18.5. The Morgan fingerprint density at radius 3 is 2.43 bits per heavy atom. The first kappa shape index (κ1) is 23.5. The summed E-state index contributed by atoms with van der Waals surface area (Å²) < 4.78 is 29.2. The lowest BCUT2D eigenvalue weighted by Crippen LogP contribution is -2.38. The molecule has 3 aromatic heterocycles. The van der Waals surface area contributed by atoms with Crippen molar-refractivity contribution >= 4 is 33.3 Å². The fourth-order valence-corrected chi connectivity index (χ4v) is 6.12. The summed E-state index contributed by atoms with van der Waals surface area (Å²) >= 11 is 2.79. The first-order chi connectivity index (χ1) is 17.0. The molecule has 178 valence electrons. The second kappa shape index (κ2) is 9.76. The van der Waals surface area contributed by atoms with E-state index in [2.05, 4.69) is 20.2 Å². The lowest BCUT2D eigenvalue weighted by molar-refractivity contribution is 0.473. The third-order valence-corrected chi connectivity index (χ3v) is 7.97. The van der Waals surface area contributed by atoms with Gasteiger partial charge in [0, 0.05) is 36.4 Å². The first-order valence-corrected chi connectivity index (χ1v) is 12.5. The van der Waals surface area contributed by atoms with Gasteiger partial charge in [0.2, 0.25) is 5.13 Å². The molecule has 0 amide bonds. The van der Waals surface area contributed by atoms with E-state index in [0.29, 0.717) is 34.1 Å². The predicted octanol–water partition coefficient (Wildman–Crippen LogP) is 5.16. The van der Waals surface area contributed by atoms with Crippen LogP contribution in [0.4, 0.5) is 13.9 Å². The van der Waals surface area contributed by atoms with Crippen molar-refractivity contribution in [1.29, 1.82) is 0 Å². The van der Waals surface area contributed by atoms with Crippen molar-refractivity contribution in [2.75, 3.05) is 5.01 Å². The smallest absolute Gasteiger partial charge is 0.230 e. The molecule has 35 heavy (non-hydrogen) atoms. The monoisotopic (exact) mass is 509 g/mol. The maximum atomic E-state index is 14.8. The quantitative estimate of drug-likeness (QED) is 0.368. The van der Waals surface area contributed by atoms with Crippen LogP contribution >= 0.6 is 23.1 Å². The molecule has 1 aliphatic heterocycles. The highest BCUT2D eigenvalue weighted by molar-refractivity contribution is 8.15. The van der Waals surface area contributed by atoms with Crippen LogP contribution in [0.15, 0.2) is 72.4 Å². The van der Waals surface area contributed by atoms with Gasteiger partial charge in [-0.3, -0.25) is 9.97 Å². The van der Waals surface area contributed by atoms with E-state index in [0.717, 1.165) is 10.6 Å². The standard InChI is InChI=1S/C24H21F2N7S2/c1-15-30-31-23(34-15)33-24(16-5-3-2-4-6-16,10-7-21(27)17-13-28-11-8-19(17)25)35-22(32-33)18-14-29-12-9-20(18)26/h2-6,8-9,11-14,21H,7,10,27H2,1H3. The van der Waals surface area contributed by atoms with E-state index < -0.39 is 22.5 Å². The minimum absolute atomic E-state index is 0.296. The van der Waals surface area contributed by atoms with E-state index in [1.54, 1.807) is 5.01 Å². The number of nitrogens with two attached hydrogens (primary N) is 1. The van der Waals surface area contributed by atoms with E-state index in [1.165, 1.54) is 60.0 Å². The lowest BCUT2D eigenvalue weighted by atomic mass is 9.95. The molecule has 4 aromatic rings. The number of anilines is 1. The highest BCUT2D eigenvalue weighted by Gasteiger charge is 2.48. The van der Waals surface area contributed by atoms with Crippen molar-refractivity contribution in [3.63, 3.8) is 0 Å². The molecule has 2 atom stereocenters. The number of pyridine rings is 2. The van der Waals surface area contributed by atoms with Crippen LogP contribution in [0.1, 0.15) is 40.6 Å². The second-order valence-electron chi connectivity index (χ2n) is 7.97. The van der Waals surface area contributed by atoms with Crippen molar-refractivity contribution in [2.45, 2.75) is 30.7 Å². The van der Waals surface area contributed by atoms with Crippen LogP contribution < -0.4 is 10.7 Å². The summed E-state index contributed by atoms with van der Waals surface area (Å²) in [5, 5.41) is 16.9. The Labute approximate surface area is 209 Å². The molecule has 11 heteroatoms. The second-order valence-corrected chi connectivity index (χ2v) is 10.4. The molecule has 0 saturated heterocycles. The predicted molar refractivity (Wildman–Crippen MR) is 134 cm³/mol. The molecule has 5 rings (SSSR count). The van der Waals surface area contributed by atoms with Crippen LogP contribution in [0.25, 0.3) is 0 Å². The zero-order chi connectivity index (χ0) is 24.4. The van der Waals surface area contributed by atoms with Gasteiger partial charge >= 0.3 is 0 Å². The number of hydrazone groups is 1. The van der Waals surface area contributed by atoms with Gasteiger partial charge in [0.1, 0.15) is 26.6 Å². The number of halogens is 2. The molecule has 1 aliphatic rings. The first-order valence-electron chi connectivity index (χ1n) is 10.9. The van der Waals surface area contributed by atoms with E-state index in [9.17, 15) is 8.78 Å². The Kier molecular flexibility index (Phi) is 6.54. The summed E-state index contributed by atoms with van der Waals surface area (Å²) in [6, 6.07) is 11.8. The van der Waals surface area contributed by atoms with Crippen LogP contribution in [0.2, 0.25) is 0 Å². The molecule has 0 fully saturated rings. The van der Waals surface area contributed by atoms with E-state index in [1.807, 2.05) is 37.3 Å². The van der Waals surface area contributed by atoms with E-state index in [-0.39, 0.29) is 0 Å². The van der Waals surface area contributed by atoms with Gasteiger partial charge in [0.15, 0.2) is 0 Å². The van der Waals surface area contributed by atoms with Crippen molar-refractivity contribution in [3.8, 4) is 0 Å². The molecule has 1 aromatic carbocycles. The number of aryl methyl sites for hydroxylation is 1. The molecule has 0 saturated carbocycles. The number of aromatic nitrogens is 4. The summed E-state index contributed by atoms with van der Waals surface area (Å²) in [5.41, 5.74) is 8.00. The fraction of sp³-hybridized carbons (Fsp3) is 0.208. The molecular weight excluding hydrogens is 488 g/mol. The number of hydrogen-bond donors (Lipinski definition) is 1. The maximum Gasteiger partial charge on any atom is 0.230 e. The number of nitrogens with zero attached hydrogens (tertiary/aromatic N) is 6. The molecule has 0 spiro atoms. The SMILES string of the molecule is Cc1nnc(N2N=C(c3cnccc3F)SC2(CCC(N)c2cnccc2F)c2ccccc2)s1. The fourth-order valence-electron chi connectivity index (χ4n) is 3.96. The Bertz CT molecular complexity index is 1360. The zero-order valence-electron chi connectivity index (χ0n) is 18.7. The minimum Gasteiger partial charge on any atom is -0.324 e. The van der Waals surface area contributed by atoms with Gasteiger partial charge in [-0.1, -0.05) is 53.4 Å². The number of benzene rings is 1. The number of thioether (sulfide) groups is 1. The Hall–Kier alpha value is -3.28. The summed E-state index contributed by atoms with van der Waals surface area (Å²) in [4.78, 5) is 7.30. The van der Waals surface area contributed by atoms with Gasteiger partial charge in [-0.25, -0.2) is 13.8 Å². The van der Waals surface area contributed by atoms with Gasteiger partial charge in [0.05, 0.1) is 5.56 Å². The molecule has 2 N–H and O–H groups in total. The minimum atomic E-state index is -0.818. The maximum absolute atomic E-state index is 14.8. The van der Waals surface area contributed by atoms with Crippen LogP contribution in [-0.2, 0) is 4.87 Å². The molecular formula is C24H21F2N7S2. The van der Waals surface area contributed by atoms with Gasteiger partial charge in [0.25, 0.3) is 0 Å². The Morgan fingerprint density at radius 1 is 1.00 bits per heavy atom. The van der Waals surface area contributed by atoms with Crippen LogP contribution in [0.5, 0.6) is 0 Å². The number of hydrogen-bond acceptors (Lipinski definition) is 9. The van der Waals surface area contributed by atoms with Crippen LogP contribution in [-0.4, -0.2) is 25.2 Å². The van der Waals surface area contributed by atoms with Crippen molar-refractivity contribution in [2.24, 2.45) is 10.8 Å². The average molecular weight is 510 g/mol. The summed E-state index contributed by atoms with van der Waals surface area (Å²) in [6.45, 7) is 1.86. The molecule has 4 heterocycles. The molecule has 0 radical (unpaired) electrons. The largest absolute Gasteiger partial charge is 0.324 e. The average Bonchev–Trinajstić information content (AvgIpc) is 3.48. The zero-order valence-corrected chi connectivity index (χ0v) is 20.3. The topological polar surface area (TPSA) is 93.2 Å². The van der Waals surface area contributed by atoms with Crippen LogP contribution in [0.3, 0.4) is 0 Å². The molecule has 0 aliphatic carbocycles.